The molecule has 14 nitrogen and oxygen atoms in total. The van der Waals surface area contributed by atoms with E-state index in [9.17, 15) is 24.3 Å². The maximum atomic E-state index is 13.4. The molecule has 2 rings (SSSR count). The third-order valence-electron chi connectivity index (χ3n) is 6.34. The minimum Gasteiger partial charge on any atom is -0.480 e. The van der Waals surface area contributed by atoms with Gasteiger partial charge in [0.2, 0.25) is 17.7 Å². The van der Waals surface area contributed by atoms with Crippen molar-refractivity contribution in [1.29, 1.82) is 0 Å². The molecule has 14 heteroatoms. The van der Waals surface area contributed by atoms with Crippen molar-refractivity contribution in [2.75, 3.05) is 6.54 Å². The summed E-state index contributed by atoms with van der Waals surface area (Å²) in [5, 5.41) is 17.4. The van der Waals surface area contributed by atoms with Crippen LogP contribution in [0, 0.1) is 5.92 Å². The first-order valence-corrected chi connectivity index (χ1v) is 12.7. The van der Waals surface area contributed by atoms with Crippen LogP contribution in [0.1, 0.15) is 50.9 Å². The summed E-state index contributed by atoms with van der Waals surface area (Å²) in [5.41, 5.74) is 12.7. The number of carbonyl (C=O) groups excluding carboxylic acids is 3. The van der Waals surface area contributed by atoms with Crippen LogP contribution in [-0.4, -0.2) is 79.4 Å². The molecule has 0 aliphatic rings. The fourth-order valence-corrected chi connectivity index (χ4v) is 3.73. The van der Waals surface area contributed by atoms with Crippen LogP contribution < -0.4 is 27.4 Å². The summed E-state index contributed by atoms with van der Waals surface area (Å²) in [6.45, 7) is 4.15. The van der Waals surface area contributed by atoms with Gasteiger partial charge in [-0.2, -0.15) is 0 Å². The number of H-pyrrole nitrogens is 2. The van der Waals surface area contributed by atoms with Crippen LogP contribution in [0.15, 0.2) is 25.0 Å². The van der Waals surface area contributed by atoms with E-state index in [0.29, 0.717) is 37.2 Å². The highest BCUT2D eigenvalue weighted by Crippen LogP contribution is 2.08. The van der Waals surface area contributed by atoms with Crippen molar-refractivity contribution in [2.45, 2.75) is 76.5 Å². The van der Waals surface area contributed by atoms with Crippen LogP contribution in [0.2, 0.25) is 0 Å². The van der Waals surface area contributed by atoms with Crippen LogP contribution in [0.25, 0.3) is 0 Å². The zero-order chi connectivity index (χ0) is 28.1. The quantitative estimate of drug-likeness (QED) is 0.116. The van der Waals surface area contributed by atoms with Crippen LogP contribution >= 0.6 is 0 Å². The lowest BCUT2D eigenvalue weighted by Crippen LogP contribution is -2.58. The Labute approximate surface area is 221 Å². The molecule has 0 aromatic carbocycles. The fraction of sp³-hybridized carbons (Fsp3) is 0.583. The summed E-state index contributed by atoms with van der Waals surface area (Å²) in [6, 6.07) is -4.20. The third-order valence-corrected chi connectivity index (χ3v) is 6.34. The monoisotopic (exact) mass is 533 g/mol. The van der Waals surface area contributed by atoms with Gasteiger partial charge in [0.15, 0.2) is 0 Å². The lowest BCUT2D eigenvalue weighted by Gasteiger charge is -2.26. The van der Waals surface area contributed by atoms with E-state index < -0.39 is 47.9 Å². The van der Waals surface area contributed by atoms with E-state index in [-0.39, 0.29) is 25.2 Å². The van der Waals surface area contributed by atoms with Crippen molar-refractivity contribution in [1.82, 2.24) is 35.9 Å². The van der Waals surface area contributed by atoms with E-state index in [2.05, 4.69) is 35.9 Å². The number of carboxylic acids is 1. The topological polar surface area (TPSA) is 234 Å². The van der Waals surface area contributed by atoms with E-state index >= 15 is 0 Å². The van der Waals surface area contributed by atoms with Gasteiger partial charge in [-0.3, -0.25) is 14.4 Å². The molecule has 0 aliphatic carbocycles. The molecule has 2 heterocycles. The van der Waals surface area contributed by atoms with Crippen molar-refractivity contribution in [2.24, 2.45) is 17.4 Å². The number of aromatic amines is 2. The van der Waals surface area contributed by atoms with Crippen LogP contribution in [0.3, 0.4) is 0 Å². The molecule has 3 amide bonds. The zero-order valence-electron chi connectivity index (χ0n) is 21.8. The molecule has 2 aromatic rings. The molecule has 0 radical (unpaired) electrons. The average molecular weight is 534 g/mol. The summed E-state index contributed by atoms with van der Waals surface area (Å²) < 4.78 is 0. The number of unbranched alkanes of at least 4 members (excludes halogenated alkanes) is 1. The Hall–Kier alpha value is -3.78. The number of hydrogen-bond acceptors (Lipinski definition) is 8. The standard InChI is InChI=1S/C24H39N9O5/c1-3-14(2)20(26)23(36)33-19(9-16-11-28-13-30-16)22(35)32-18(8-15-10-27-12-29-15)21(34)31-17(24(37)38)6-4-5-7-25/h10-14,17-20H,3-9,25-26H2,1-2H3,(H,27,29)(H,28,30)(H,31,34)(H,32,35)(H,33,36)(H,37,38). The summed E-state index contributed by atoms with van der Waals surface area (Å²) in [4.78, 5) is 64.8. The molecular weight excluding hydrogens is 494 g/mol. The number of aromatic nitrogens is 4. The summed E-state index contributed by atoms with van der Waals surface area (Å²) in [5.74, 6) is -3.13. The molecule has 5 unspecified atom stereocenters. The number of amides is 3. The molecule has 10 N–H and O–H groups in total. The van der Waals surface area contributed by atoms with Crippen molar-refractivity contribution >= 4 is 23.7 Å². The molecule has 0 aliphatic heterocycles. The Morgan fingerprint density at radius 2 is 1.39 bits per heavy atom. The van der Waals surface area contributed by atoms with Gasteiger partial charge < -0.3 is 42.5 Å². The van der Waals surface area contributed by atoms with Crippen LogP contribution in [0.4, 0.5) is 0 Å². The number of rotatable bonds is 17. The van der Waals surface area contributed by atoms with Gasteiger partial charge in [-0.25, -0.2) is 14.8 Å². The predicted octanol–water partition coefficient (Wildman–Crippen LogP) is -1.04. The first-order valence-electron chi connectivity index (χ1n) is 12.7. The van der Waals surface area contributed by atoms with E-state index in [4.69, 9.17) is 11.5 Å². The van der Waals surface area contributed by atoms with Gasteiger partial charge >= 0.3 is 5.97 Å². The molecule has 5 atom stereocenters. The van der Waals surface area contributed by atoms with Gasteiger partial charge in [-0.15, -0.1) is 0 Å². The number of imidazole rings is 2. The number of hydrogen-bond donors (Lipinski definition) is 8. The Morgan fingerprint density at radius 3 is 1.82 bits per heavy atom. The number of nitrogens with two attached hydrogens (primary N) is 2. The fourth-order valence-electron chi connectivity index (χ4n) is 3.73. The van der Waals surface area contributed by atoms with Gasteiger partial charge in [0.25, 0.3) is 0 Å². The molecule has 210 valence electrons. The summed E-state index contributed by atoms with van der Waals surface area (Å²) >= 11 is 0. The Balaban J connectivity index is 2.22. The highest BCUT2D eigenvalue weighted by atomic mass is 16.4. The SMILES string of the molecule is CCC(C)C(N)C(=O)NC(Cc1cnc[nH]1)C(=O)NC(Cc1cnc[nH]1)C(=O)NC(CCCCN)C(=O)O. The number of nitrogens with one attached hydrogen (secondary N) is 5. The molecule has 0 saturated carbocycles. The molecule has 0 bridgehead atoms. The largest absolute Gasteiger partial charge is 0.480 e. The molecule has 0 fully saturated rings. The van der Waals surface area contributed by atoms with Gasteiger partial charge in [0, 0.05) is 36.6 Å². The molecule has 2 aromatic heterocycles. The van der Waals surface area contributed by atoms with Gasteiger partial charge in [-0.05, 0) is 31.7 Å². The minimum atomic E-state index is -1.19. The number of aliphatic carboxylic acids is 1. The lowest BCUT2D eigenvalue weighted by molar-refractivity contribution is -0.142. The Kier molecular flexibility index (Phi) is 12.4. The van der Waals surface area contributed by atoms with E-state index in [0.717, 1.165) is 0 Å². The second kappa shape index (κ2) is 15.5. The molecule has 0 spiro atoms. The smallest absolute Gasteiger partial charge is 0.326 e. The second-order valence-corrected chi connectivity index (χ2v) is 9.28. The van der Waals surface area contributed by atoms with Gasteiger partial charge in [0.1, 0.15) is 18.1 Å². The van der Waals surface area contributed by atoms with Crippen molar-refractivity contribution < 1.29 is 24.3 Å². The molecule has 0 saturated heterocycles. The zero-order valence-corrected chi connectivity index (χ0v) is 21.8. The first kappa shape index (κ1) is 30.4. The predicted molar refractivity (Wildman–Crippen MR) is 138 cm³/mol. The Bertz CT molecular complexity index is 1010. The number of carboxylic acid groups (broad SMARTS) is 1. The Morgan fingerprint density at radius 1 is 0.895 bits per heavy atom. The number of carbonyl (C=O) groups is 4. The van der Waals surface area contributed by atoms with E-state index in [1.807, 2.05) is 13.8 Å². The average Bonchev–Trinajstić information content (AvgIpc) is 3.60. The normalized spacial score (nSPS) is 15.1. The lowest BCUT2D eigenvalue weighted by atomic mass is 9.98. The highest BCUT2D eigenvalue weighted by molar-refractivity contribution is 5.94. The molecule has 38 heavy (non-hydrogen) atoms. The van der Waals surface area contributed by atoms with Crippen molar-refractivity contribution in [3.8, 4) is 0 Å². The summed E-state index contributed by atoms with van der Waals surface area (Å²) in [7, 11) is 0. The van der Waals surface area contributed by atoms with Gasteiger partial charge in [-0.1, -0.05) is 20.3 Å². The minimum absolute atomic E-state index is 0.0177. The number of nitrogens with zero attached hydrogens (tertiary/aromatic N) is 2. The van der Waals surface area contributed by atoms with Crippen molar-refractivity contribution in [3.63, 3.8) is 0 Å². The first-order chi connectivity index (χ1) is 18.2. The van der Waals surface area contributed by atoms with Gasteiger partial charge in [0.05, 0.1) is 18.7 Å². The maximum absolute atomic E-state index is 13.4. The summed E-state index contributed by atoms with van der Waals surface area (Å²) in [6.07, 6.45) is 7.97. The van der Waals surface area contributed by atoms with Crippen LogP contribution in [-0.2, 0) is 32.0 Å². The van der Waals surface area contributed by atoms with Crippen LogP contribution in [0.5, 0.6) is 0 Å². The molecular formula is C24H39N9O5. The maximum Gasteiger partial charge on any atom is 0.326 e. The second-order valence-electron chi connectivity index (χ2n) is 9.28. The van der Waals surface area contributed by atoms with E-state index in [1.165, 1.54) is 25.0 Å². The van der Waals surface area contributed by atoms with E-state index in [1.54, 1.807) is 0 Å². The van der Waals surface area contributed by atoms with Crippen molar-refractivity contribution in [3.05, 3.63) is 36.4 Å². The highest BCUT2D eigenvalue weighted by Gasteiger charge is 2.31. The third kappa shape index (κ3) is 9.59.